The molecule has 1 aromatic carbocycles. The van der Waals surface area contributed by atoms with Crippen molar-refractivity contribution in [2.24, 2.45) is 0 Å². The Morgan fingerprint density at radius 2 is 2.16 bits per heavy atom. The first-order valence-corrected chi connectivity index (χ1v) is 7.22. The van der Waals surface area contributed by atoms with E-state index in [1.165, 1.54) is 10.9 Å². The maximum absolute atomic E-state index is 12.0. The van der Waals surface area contributed by atoms with Crippen molar-refractivity contribution in [1.29, 1.82) is 0 Å². The maximum Gasteiger partial charge on any atom is 0.269 e. The fourth-order valence-corrected chi connectivity index (χ4v) is 2.47. The highest BCUT2D eigenvalue weighted by Crippen LogP contribution is 2.23. The topological polar surface area (TPSA) is 44.1 Å². The predicted molar refractivity (Wildman–Crippen MR) is 81.0 cm³/mol. The summed E-state index contributed by atoms with van der Waals surface area (Å²) >= 11 is 12.3. The van der Waals surface area contributed by atoms with Gasteiger partial charge in [-0.1, -0.05) is 27.5 Å². The second-order valence-electron chi connectivity index (χ2n) is 3.74. The molecule has 0 saturated carbocycles. The molecule has 100 valence electrons. The van der Waals surface area contributed by atoms with Gasteiger partial charge in [0, 0.05) is 10.0 Å². The molecule has 0 unspecified atom stereocenters. The molecule has 0 saturated heterocycles. The lowest BCUT2D eigenvalue weighted by atomic mass is 10.2. The first kappa shape index (κ1) is 14.6. The van der Waals surface area contributed by atoms with Crippen molar-refractivity contribution in [3.63, 3.8) is 0 Å². The summed E-state index contributed by atoms with van der Waals surface area (Å²) in [5, 5.41) is 0.155. The van der Waals surface area contributed by atoms with Gasteiger partial charge in [-0.25, -0.2) is 4.98 Å². The van der Waals surface area contributed by atoms with E-state index in [-0.39, 0.29) is 15.2 Å². The lowest BCUT2D eigenvalue weighted by Gasteiger charge is -2.11. The second kappa shape index (κ2) is 6.07. The number of ether oxygens (including phenoxy) is 1. The Hall–Kier alpha value is -0.850. The first-order chi connectivity index (χ1) is 9.02. The standard InChI is InChI=1S/C12H9Br2ClN2O2/c1-19-9-3-2-8(13)4-7(9)5-17-6-16-11(15)10(14)12(17)18/h2-4,6H,5H2,1H3. The number of benzene rings is 1. The molecule has 0 amide bonds. The summed E-state index contributed by atoms with van der Waals surface area (Å²) in [5.74, 6) is 0.709. The Kier molecular flexibility index (Phi) is 4.65. The van der Waals surface area contributed by atoms with Gasteiger partial charge in [-0.05, 0) is 34.1 Å². The highest BCUT2D eigenvalue weighted by atomic mass is 79.9. The Bertz CT molecular complexity index is 673. The van der Waals surface area contributed by atoms with Gasteiger partial charge >= 0.3 is 0 Å². The van der Waals surface area contributed by atoms with Gasteiger partial charge in [0.05, 0.1) is 20.0 Å². The quantitative estimate of drug-likeness (QED) is 0.731. The van der Waals surface area contributed by atoms with Crippen LogP contribution in [0.15, 0.2) is 38.3 Å². The van der Waals surface area contributed by atoms with E-state index < -0.39 is 0 Å². The van der Waals surface area contributed by atoms with Crippen LogP contribution in [0.2, 0.25) is 5.15 Å². The molecule has 19 heavy (non-hydrogen) atoms. The van der Waals surface area contributed by atoms with Gasteiger partial charge in [-0.15, -0.1) is 0 Å². The molecule has 0 spiro atoms. The molecule has 0 fully saturated rings. The number of rotatable bonds is 3. The molecule has 7 heteroatoms. The Morgan fingerprint density at radius 3 is 2.84 bits per heavy atom. The van der Waals surface area contributed by atoms with E-state index >= 15 is 0 Å². The largest absolute Gasteiger partial charge is 0.496 e. The Balaban J connectivity index is 2.44. The monoisotopic (exact) mass is 406 g/mol. The maximum atomic E-state index is 12.0. The van der Waals surface area contributed by atoms with Crippen LogP contribution in [0.4, 0.5) is 0 Å². The van der Waals surface area contributed by atoms with Crippen LogP contribution in [0.3, 0.4) is 0 Å². The molecule has 0 aliphatic carbocycles. The molecule has 0 N–H and O–H groups in total. The molecular formula is C12H9Br2ClN2O2. The zero-order valence-corrected chi connectivity index (χ0v) is 13.8. The van der Waals surface area contributed by atoms with Gasteiger partial charge in [0.2, 0.25) is 0 Å². The first-order valence-electron chi connectivity index (χ1n) is 5.25. The van der Waals surface area contributed by atoms with E-state index in [0.717, 1.165) is 10.0 Å². The molecule has 0 radical (unpaired) electrons. The third kappa shape index (κ3) is 3.19. The predicted octanol–water partition coefficient (Wildman–Crippen LogP) is 3.48. The van der Waals surface area contributed by atoms with E-state index in [1.807, 2.05) is 18.2 Å². The molecular weight excluding hydrogens is 399 g/mol. The van der Waals surface area contributed by atoms with Gasteiger partial charge in [-0.2, -0.15) is 0 Å². The summed E-state index contributed by atoms with van der Waals surface area (Å²) < 4.78 is 7.90. The van der Waals surface area contributed by atoms with Crippen molar-refractivity contribution in [2.45, 2.75) is 6.54 Å². The average Bonchev–Trinajstić information content (AvgIpc) is 2.40. The van der Waals surface area contributed by atoms with E-state index in [9.17, 15) is 4.79 Å². The summed E-state index contributed by atoms with van der Waals surface area (Å²) in [6.07, 6.45) is 1.41. The lowest BCUT2D eigenvalue weighted by molar-refractivity contribution is 0.408. The van der Waals surface area contributed by atoms with Gasteiger partial charge in [-0.3, -0.25) is 9.36 Å². The van der Waals surface area contributed by atoms with E-state index in [4.69, 9.17) is 16.3 Å². The van der Waals surface area contributed by atoms with Gasteiger partial charge in [0.1, 0.15) is 10.2 Å². The third-order valence-electron chi connectivity index (χ3n) is 2.52. The molecule has 0 atom stereocenters. The van der Waals surface area contributed by atoms with Crippen molar-refractivity contribution < 1.29 is 4.74 Å². The molecule has 0 aliphatic heterocycles. The fourth-order valence-electron chi connectivity index (χ4n) is 1.61. The van der Waals surface area contributed by atoms with Crippen molar-refractivity contribution in [3.8, 4) is 5.75 Å². The van der Waals surface area contributed by atoms with Crippen LogP contribution in [0.5, 0.6) is 5.75 Å². The zero-order chi connectivity index (χ0) is 14.0. The summed E-state index contributed by atoms with van der Waals surface area (Å²) in [7, 11) is 1.59. The summed E-state index contributed by atoms with van der Waals surface area (Å²) in [4.78, 5) is 16.0. The van der Waals surface area contributed by atoms with Crippen LogP contribution in [-0.4, -0.2) is 16.7 Å². The van der Waals surface area contributed by atoms with Crippen LogP contribution in [0, 0.1) is 0 Å². The second-order valence-corrected chi connectivity index (χ2v) is 5.81. The van der Waals surface area contributed by atoms with Crippen molar-refractivity contribution in [1.82, 2.24) is 9.55 Å². The number of nitrogens with zero attached hydrogens (tertiary/aromatic N) is 2. The molecule has 2 aromatic rings. The average molecular weight is 408 g/mol. The minimum Gasteiger partial charge on any atom is -0.496 e. The van der Waals surface area contributed by atoms with E-state index in [1.54, 1.807) is 7.11 Å². The lowest BCUT2D eigenvalue weighted by Crippen LogP contribution is -2.22. The highest BCUT2D eigenvalue weighted by molar-refractivity contribution is 9.10. The van der Waals surface area contributed by atoms with Crippen LogP contribution in [0.1, 0.15) is 5.56 Å². The zero-order valence-electron chi connectivity index (χ0n) is 9.86. The third-order valence-corrected chi connectivity index (χ3v) is 4.25. The van der Waals surface area contributed by atoms with E-state index in [2.05, 4.69) is 36.8 Å². The number of methoxy groups -OCH3 is 1. The number of aromatic nitrogens is 2. The van der Waals surface area contributed by atoms with Gasteiger partial charge < -0.3 is 4.74 Å². The summed E-state index contributed by atoms with van der Waals surface area (Å²) in [6.45, 7) is 0.351. The minimum atomic E-state index is -0.234. The number of halogens is 3. The summed E-state index contributed by atoms with van der Waals surface area (Å²) in [5.41, 5.74) is 0.636. The Morgan fingerprint density at radius 1 is 1.42 bits per heavy atom. The van der Waals surface area contributed by atoms with Crippen LogP contribution < -0.4 is 10.3 Å². The van der Waals surface area contributed by atoms with Crippen LogP contribution in [-0.2, 0) is 6.54 Å². The number of hydrogen-bond donors (Lipinski definition) is 0. The summed E-state index contributed by atoms with van der Waals surface area (Å²) in [6, 6.07) is 5.61. The molecule has 1 heterocycles. The minimum absolute atomic E-state index is 0.155. The molecule has 2 rings (SSSR count). The molecule has 0 bridgehead atoms. The molecule has 4 nitrogen and oxygen atoms in total. The van der Waals surface area contributed by atoms with Crippen molar-refractivity contribution in [2.75, 3.05) is 7.11 Å². The van der Waals surface area contributed by atoms with Crippen molar-refractivity contribution >= 4 is 43.5 Å². The Labute approximate surface area is 131 Å². The molecule has 0 aliphatic rings. The van der Waals surface area contributed by atoms with Crippen LogP contribution in [0.25, 0.3) is 0 Å². The van der Waals surface area contributed by atoms with Crippen molar-refractivity contribution in [3.05, 3.63) is 54.5 Å². The fraction of sp³-hybridized carbons (Fsp3) is 0.167. The normalized spacial score (nSPS) is 10.5. The van der Waals surface area contributed by atoms with Gasteiger partial charge in [0.15, 0.2) is 5.15 Å². The SMILES string of the molecule is COc1ccc(Br)cc1Cn1cnc(Cl)c(Br)c1=O. The molecule has 1 aromatic heterocycles. The smallest absolute Gasteiger partial charge is 0.269 e. The number of hydrogen-bond acceptors (Lipinski definition) is 3. The van der Waals surface area contributed by atoms with E-state index in [0.29, 0.717) is 12.3 Å². The van der Waals surface area contributed by atoms with Gasteiger partial charge in [0.25, 0.3) is 5.56 Å². The highest BCUT2D eigenvalue weighted by Gasteiger charge is 2.10. The van der Waals surface area contributed by atoms with Crippen LogP contribution >= 0.6 is 43.5 Å².